The highest BCUT2D eigenvalue weighted by atomic mass is 35.5. The molecule has 4 heteroatoms. The highest BCUT2D eigenvalue weighted by molar-refractivity contribution is 6.32. The zero-order valence-corrected chi connectivity index (χ0v) is 11.8. The number of ether oxygens (including phenoxy) is 1. The van der Waals surface area contributed by atoms with Gasteiger partial charge in [-0.25, -0.2) is 4.79 Å². The summed E-state index contributed by atoms with van der Waals surface area (Å²) in [6.07, 6.45) is 7.18. The lowest BCUT2D eigenvalue weighted by Gasteiger charge is -2.08. The van der Waals surface area contributed by atoms with Crippen LogP contribution in [0.5, 0.6) is 5.75 Å². The molecule has 0 aromatic heterocycles. The summed E-state index contributed by atoms with van der Waals surface area (Å²) in [5, 5.41) is 9.04. The molecular weight excluding hydrogens is 264 g/mol. The van der Waals surface area contributed by atoms with Gasteiger partial charge in [0, 0.05) is 6.08 Å². The van der Waals surface area contributed by atoms with E-state index in [-0.39, 0.29) is 0 Å². The maximum atomic E-state index is 10.4. The minimum atomic E-state index is -0.979. The molecular formula is C15H19ClO3. The lowest BCUT2D eigenvalue weighted by Crippen LogP contribution is -1.97. The summed E-state index contributed by atoms with van der Waals surface area (Å²) in [5.74, 6) is -0.335. The Morgan fingerprint density at radius 3 is 2.79 bits per heavy atom. The van der Waals surface area contributed by atoms with Crippen LogP contribution in [0, 0.1) is 0 Å². The molecule has 1 aromatic carbocycles. The van der Waals surface area contributed by atoms with Crippen molar-refractivity contribution < 1.29 is 14.6 Å². The minimum Gasteiger partial charge on any atom is -0.492 e. The number of unbranched alkanes of at least 4 members (excludes halogenated alkanes) is 3. The fourth-order valence-electron chi connectivity index (χ4n) is 1.62. The van der Waals surface area contributed by atoms with Crippen molar-refractivity contribution in [1.29, 1.82) is 0 Å². The van der Waals surface area contributed by atoms with E-state index in [1.807, 2.05) is 0 Å². The van der Waals surface area contributed by atoms with Gasteiger partial charge in [0.25, 0.3) is 0 Å². The van der Waals surface area contributed by atoms with Gasteiger partial charge in [0.15, 0.2) is 0 Å². The molecule has 0 radical (unpaired) electrons. The number of aliphatic carboxylic acids is 1. The Morgan fingerprint density at radius 2 is 2.16 bits per heavy atom. The molecule has 0 saturated heterocycles. The van der Waals surface area contributed by atoms with Gasteiger partial charge in [-0.3, -0.25) is 0 Å². The third-order valence-corrected chi connectivity index (χ3v) is 2.93. The number of carboxylic acid groups (broad SMARTS) is 1. The van der Waals surface area contributed by atoms with Crippen LogP contribution in [-0.4, -0.2) is 17.7 Å². The molecule has 104 valence electrons. The fourth-order valence-corrected chi connectivity index (χ4v) is 1.86. The second-order valence-corrected chi connectivity index (χ2v) is 4.68. The minimum absolute atomic E-state index is 0.503. The highest BCUT2D eigenvalue weighted by Crippen LogP contribution is 2.26. The second kappa shape index (κ2) is 8.59. The van der Waals surface area contributed by atoms with E-state index in [1.165, 1.54) is 18.9 Å². The Balaban J connectivity index is 2.50. The number of rotatable bonds is 8. The third-order valence-electron chi connectivity index (χ3n) is 2.63. The molecule has 0 atom stereocenters. The van der Waals surface area contributed by atoms with Crippen molar-refractivity contribution in [2.45, 2.75) is 32.6 Å². The topological polar surface area (TPSA) is 46.5 Å². The summed E-state index contributed by atoms with van der Waals surface area (Å²) >= 11 is 6.08. The first-order chi connectivity index (χ1) is 9.13. The zero-order chi connectivity index (χ0) is 14.1. The smallest absolute Gasteiger partial charge is 0.328 e. The number of halogens is 1. The van der Waals surface area contributed by atoms with Crippen LogP contribution < -0.4 is 4.74 Å². The Hall–Kier alpha value is -1.48. The standard InChI is InChI=1S/C15H19ClO3/c1-2-3-4-5-10-19-14-8-6-12(11-13(14)16)7-9-15(17)18/h6-9,11H,2-5,10H2,1H3,(H,17,18)/b9-7+. The summed E-state index contributed by atoms with van der Waals surface area (Å²) in [6.45, 7) is 2.82. The molecule has 0 aliphatic heterocycles. The Bertz CT molecular complexity index is 441. The van der Waals surface area contributed by atoms with Gasteiger partial charge >= 0.3 is 5.97 Å². The second-order valence-electron chi connectivity index (χ2n) is 4.27. The van der Waals surface area contributed by atoms with Gasteiger partial charge < -0.3 is 9.84 Å². The van der Waals surface area contributed by atoms with Crippen LogP contribution in [-0.2, 0) is 4.79 Å². The van der Waals surface area contributed by atoms with Crippen molar-refractivity contribution in [3.05, 3.63) is 34.9 Å². The number of hydrogen-bond donors (Lipinski definition) is 1. The monoisotopic (exact) mass is 282 g/mol. The zero-order valence-electron chi connectivity index (χ0n) is 11.1. The van der Waals surface area contributed by atoms with Crippen molar-refractivity contribution in [2.24, 2.45) is 0 Å². The molecule has 0 amide bonds. The van der Waals surface area contributed by atoms with Crippen LogP contribution in [0.2, 0.25) is 5.02 Å². The van der Waals surface area contributed by atoms with Gasteiger partial charge in [-0.05, 0) is 30.2 Å². The van der Waals surface area contributed by atoms with E-state index in [9.17, 15) is 4.79 Å². The SMILES string of the molecule is CCCCCCOc1ccc(/C=C/C(=O)O)cc1Cl. The number of benzene rings is 1. The summed E-state index contributed by atoms with van der Waals surface area (Å²) < 4.78 is 5.59. The van der Waals surface area contributed by atoms with E-state index in [0.29, 0.717) is 17.4 Å². The van der Waals surface area contributed by atoms with Gasteiger partial charge in [-0.1, -0.05) is 43.9 Å². The average Bonchev–Trinajstić information content (AvgIpc) is 2.38. The third kappa shape index (κ3) is 6.30. The molecule has 0 aliphatic rings. The summed E-state index contributed by atoms with van der Waals surface area (Å²) in [7, 11) is 0. The Kier molecular flexibility index (Phi) is 7.04. The fraction of sp³-hybridized carbons (Fsp3) is 0.400. The van der Waals surface area contributed by atoms with Crippen LogP contribution in [0.25, 0.3) is 6.08 Å². The molecule has 0 heterocycles. The quantitative estimate of drug-likeness (QED) is 0.568. The Labute approximate surface area is 118 Å². The largest absolute Gasteiger partial charge is 0.492 e. The van der Waals surface area contributed by atoms with E-state index in [1.54, 1.807) is 18.2 Å². The predicted octanol–water partition coefficient (Wildman–Crippen LogP) is 4.40. The van der Waals surface area contributed by atoms with Crippen LogP contribution in [0.3, 0.4) is 0 Å². The van der Waals surface area contributed by atoms with Crippen molar-refractivity contribution in [2.75, 3.05) is 6.61 Å². The molecule has 1 N–H and O–H groups in total. The first-order valence-corrected chi connectivity index (χ1v) is 6.84. The Morgan fingerprint density at radius 1 is 1.37 bits per heavy atom. The van der Waals surface area contributed by atoms with E-state index in [2.05, 4.69) is 6.92 Å². The van der Waals surface area contributed by atoms with E-state index < -0.39 is 5.97 Å². The lowest BCUT2D eigenvalue weighted by atomic mass is 10.2. The molecule has 1 rings (SSSR count). The molecule has 1 aromatic rings. The molecule has 3 nitrogen and oxygen atoms in total. The van der Waals surface area contributed by atoms with Gasteiger partial charge in [0.2, 0.25) is 0 Å². The average molecular weight is 283 g/mol. The number of carboxylic acids is 1. The predicted molar refractivity (Wildman–Crippen MR) is 77.8 cm³/mol. The summed E-state index contributed by atoms with van der Waals surface area (Å²) in [4.78, 5) is 10.4. The summed E-state index contributed by atoms with van der Waals surface area (Å²) in [6, 6.07) is 5.25. The van der Waals surface area contributed by atoms with Crippen LogP contribution >= 0.6 is 11.6 Å². The molecule has 0 aliphatic carbocycles. The lowest BCUT2D eigenvalue weighted by molar-refractivity contribution is -0.131. The highest BCUT2D eigenvalue weighted by Gasteiger charge is 2.02. The first kappa shape index (κ1) is 15.6. The molecule has 0 spiro atoms. The van der Waals surface area contributed by atoms with Gasteiger partial charge in [0.05, 0.1) is 11.6 Å². The maximum absolute atomic E-state index is 10.4. The molecule has 0 saturated carbocycles. The molecule has 0 fully saturated rings. The number of hydrogen-bond acceptors (Lipinski definition) is 2. The molecule has 19 heavy (non-hydrogen) atoms. The first-order valence-electron chi connectivity index (χ1n) is 6.47. The van der Waals surface area contributed by atoms with Crippen LogP contribution in [0.1, 0.15) is 38.2 Å². The van der Waals surface area contributed by atoms with Gasteiger partial charge in [0.1, 0.15) is 5.75 Å². The van der Waals surface area contributed by atoms with Crippen molar-refractivity contribution in [3.63, 3.8) is 0 Å². The molecule has 0 bridgehead atoms. The normalized spacial score (nSPS) is 10.8. The van der Waals surface area contributed by atoms with Gasteiger partial charge in [-0.15, -0.1) is 0 Å². The van der Waals surface area contributed by atoms with E-state index in [0.717, 1.165) is 24.5 Å². The van der Waals surface area contributed by atoms with Crippen molar-refractivity contribution >= 4 is 23.6 Å². The summed E-state index contributed by atoms with van der Waals surface area (Å²) in [5.41, 5.74) is 0.741. The van der Waals surface area contributed by atoms with Crippen LogP contribution in [0.15, 0.2) is 24.3 Å². The van der Waals surface area contributed by atoms with Crippen LogP contribution in [0.4, 0.5) is 0 Å². The van der Waals surface area contributed by atoms with Gasteiger partial charge in [-0.2, -0.15) is 0 Å². The van der Waals surface area contributed by atoms with E-state index in [4.69, 9.17) is 21.4 Å². The number of carbonyl (C=O) groups is 1. The molecule has 0 unspecified atom stereocenters. The van der Waals surface area contributed by atoms with Crippen molar-refractivity contribution in [3.8, 4) is 5.75 Å². The van der Waals surface area contributed by atoms with Crippen molar-refractivity contribution in [1.82, 2.24) is 0 Å². The maximum Gasteiger partial charge on any atom is 0.328 e. The van der Waals surface area contributed by atoms with E-state index >= 15 is 0 Å².